The molecule has 0 bridgehead atoms. The molecule has 1 saturated carbocycles. The first-order valence-corrected chi connectivity index (χ1v) is 17.0. The molecule has 1 aliphatic carbocycles. The molecule has 3 fully saturated rings. The van der Waals surface area contributed by atoms with Gasteiger partial charge in [-0.05, 0) is 95.5 Å². The van der Waals surface area contributed by atoms with E-state index in [1.54, 1.807) is 7.11 Å². The highest BCUT2D eigenvalue weighted by Crippen LogP contribution is 2.53. The van der Waals surface area contributed by atoms with Crippen LogP contribution < -0.4 is 15.4 Å². The quantitative estimate of drug-likeness (QED) is 0.275. The monoisotopic (exact) mass is 608 g/mol. The van der Waals surface area contributed by atoms with Gasteiger partial charge < -0.3 is 15.4 Å². The Hall–Kier alpha value is -3.35. The fourth-order valence-corrected chi connectivity index (χ4v) is 8.30. The molecule has 0 aromatic heterocycles. The summed E-state index contributed by atoms with van der Waals surface area (Å²) in [6.45, 7) is 15.5. The fourth-order valence-electron chi connectivity index (χ4n) is 8.30. The van der Waals surface area contributed by atoms with Gasteiger partial charge in [0.1, 0.15) is 5.75 Å². The second kappa shape index (κ2) is 13.2. The number of methoxy groups -OCH3 is 1. The average Bonchev–Trinajstić information content (AvgIpc) is 3.03. The number of piperazine rings is 1. The van der Waals surface area contributed by atoms with Crippen LogP contribution in [0.25, 0.3) is 0 Å². The lowest BCUT2D eigenvalue weighted by Crippen LogP contribution is -2.60. The second-order valence-electron chi connectivity index (χ2n) is 14.5. The van der Waals surface area contributed by atoms with Crippen molar-refractivity contribution in [1.29, 1.82) is 0 Å². The Bertz CT molecular complexity index is 1470. The van der Waals surface area contributed by atoms with Crippen LogP contribution in [0.5, 0.6) is 5.75 Å². The van der Waals surface area contributed by atoms with Crippen molar-refractivity contribution in [2.24, 2.45) is 11.1 Å². The zero-order chi connectivity index (χ0) is 31.7. The summed E-state index contributed by atoms with van der Waals surface area (Å²) in [6.07, 6.45) is 5.08. The number of piperidine rings is 1. The summed E-state index contributed by atoms with van der Waals surface area (Å²) >= 11 is 0. The Morgan fingerprint density at radius 3 is 2.22 bits per heavy atom. The standard InChI is InChI=1S/C39H52N4O2/c1-27(2)33-8-6-7-9-35(33)36-26-41(25-29-10-15-34(28(3)4)37(22-29)45-5)20-21-43(36)32-23-39(24-32)16-18-42(19-17-39)31-13-11-30(12-14-31)38(40)44/h6-15,22,27-28,32,36H,16-21,23-26H2,1-5H3,(H2,40,44). The number of anilines is 1. The zero-order valence-corrected chi connectivity index (χ0v) is 28.0. The lowest BCUT2D eigenvalue weighted by atomic mass is 9.59. The van der Waals surface area contributed by atoms with Gasteiger partial charge in [-0.1, -0.05) is 64.1 Å². The molecule has 45 heavy (non-hydrogen) atoms. The van der Waals surface area contributed by atoms with Crippen molar-refractivity contribution in [3.8, 4) is 5.75 Å². The van der Waals surface area contributed by atoms with Crippen LogP contribution in [0.15, 0.2) is 66.7 Å². The number of primary amides is 1. The number of nitrogens with two attached hydrogens (primary N) is 1. The highest BCUT2D eigenvalue weighted by atomic mass is 16.5. The van der Waals surface area contributed by atoms with Gasteiger partial charge in [0.2, 0.25) is 5.91 Å². The molecule has 6 heteroatoms. The Balaban J connectivity index is 1.15. The summed E-state index contributed by atoms with van der Waals surface area (Å²) in [4.78, 5) is 19.5. The van der Waals surface area contributed by atoms with E-state index in [1.165, 1.54) is 53.6 Å². The van der Waals surface area contributed by atoms with Crippen LogP contribution in [0.1, 0.15) is 104 Å². The van der Waals surface area contributed by atoms with E-state index < -0.39 is 0 Å². The van der Waals surface area contributed by atoms with Crippen LogP contribution in [-0.4, -0.2) is 61.6 Å². The molecule has 240 valence electrons. The Kier molecular flexibility index (Phi) is 9.26. The molecule has 3 aliphatic rings. The molecule has 2 N–H and O–H groups in total. The van der Waals surface area contributed by atoms with E-state index in [4.69, 9.17) is 10.5 Å². The molecular weight excluding hydrogens is 556 g/mol. The first-order valence-electron chi connectivity index (χ1n) is 17.0. The summed E-state index contributed by atoms with van der Waals surface area (Å²) in [6, 6.07) is 24.9. The Morgan fingerprint density at radius 1 is 0.889 bits per heavy atom. The number of nitrogens with zero attached hydrogens (tertiary/aromatic N) is 3. The number of amides is 1. The Labute approximate surface area is 270 Å². The third-order valence-electron chi connectivity index (χ3n) is 11.0. The molecular formula is C39H52N4O2. The molecule has 1 spiro atoms. The van der Waals surface area contributed by atoms with Crippen molar-refractivity contribution < 1.29 is 9.53 Å². The molecule has 6 rings (SSSR count). The van der Waals surface area contributed by atoms with Crippen LogP contribution >= 0.6 is 0 Å². The van der Waals surface area contributed by atoms with E-state index in [0.717, 1.165) is 45.0 Å². The van der Waals surface area contributed by atoms with E-state index in [2.05, 4.69) is 84.9 Å². The predicted molar refractivity (Wildman–Crippen MR) is 184 cm³/mol. The van der Waals surface area contributed by atoms with Crippen LogP contribution in [0.3, 0.4) is 0 Å². The number of hydrogen-bond donors (Lipinski definition) is 1. The maximum absolute atomic E-state index is 11.5. The van der Waals surface area contributed by atoms with Gasteiger partial charge in [0, 0.05) is 62.6 Å². The molecule has 3 aromatic carbocycles. The summed E-state index contributed by atoms with van der Waals surface area (Å²) in [7, 11) is 1.79. The second-order valence-corrected chi connectivity index (χ2v) is 14.5. The van der Waals surface area contributed by atoms with E-state index in [1.807, 2.05) is 24.3 Å². The number of carbonyl (C=O) groups is 1. The van der Waals surface area contributed by atoms with Gasteiger partial charge in [-0.2, -0.15) is 0 Å². The van der Waals surface area contributed by atoms with E-state index in [0.29, 0.717) is 34.9 Å². The molecule has 1 amide bonds. The largest absolute Gasteiger partial charge is 0.496 e. The smallest absolute Gasteiger partial charge is 0.248 e. The average molecular weight is 609 g/mol. The lowest BCUT2D eigenvalue weighted by Gasteiger charge is -2.58. The third-order valence-corrected chi connectivity index (χ3v) is 11.0. The number of rotatable bonds is 9. The SMILES string of the molecule is COc1cc(CN2CCN(C3CC4(CCN(c5ccc(C(N)=O)cc5)CC4)C3)C(c3ccccc3C(C)C)C2)ccc1C(C)C. The van der Waals surface area contributed by atoms with Crippen molar-refractivity contribution in [2.75, 3.05) is 44.7 Å². The van der Waals surface area contributed by atoms with Crippen LogP contribution in [0.2, 0.25) is 0 Å². The number of carbonyl (C=O) groups excluding carboxylic acids is 1. The van der Waals surface area contributed by atoms with Gasteiger partial charge in [0.25, 0.3) is 0 Å². The van der Waals surface area contributed by atoms with Gasteiger partial charge in [0.15, 0.2) is 0 Å². The first kappa shape index (κ1) is 31.6. The molecule has 2 saturated heterocycles. The summed E-state index contributed by atoms with van der Waals surface area (Å²) in [5, 5.41) is 0. The topological polar surface area (TPSA) is 62.0 Å². The summed E-state index contributed by atoms with van der Waals surface area (Å²) in [5.74, 6) is 1.59. The first-order chi connectivity index (χ1) is 21.7. The molecule has 3 aromatic rings. The molecule has 1 atom stereocenters. The minimum Gasteiger partial charge on any atom is -0.496 e. The minimum absolute atomic E-state index is 0.365. The number of benzene rings is 3. The minimum atomic E-state index is -0.365. The predicted octanol–water partition coefficient (Wildman–Crippen LogP) is 7.35. The normalized spacial score (nSPS) is 21.0. The zero-order valence-electron chi connectivity index (χ0n) is 28.0. The van der Waals surface area contributed by atoms with Crippen molar-refractivity contribution in [3.05, 3.63) is 94.5 Å². The van der Waals surface area contributed by atoms with Crippen molar-refractivity contribution in [2.45, 2.75) is 83.8 Å². The van der Waals surface area contributed by atoms with Crippen molar-refractivity contribution >= 4 is 11.6 Å². The van der Waals surface area contributed by atoms with Gasteiger partial charge in [0.05, 0.1) is 7.11 Å². The maximum Gasteiger partial charge on any atom is 0.248 e. The molecule has 1 unspecified atom stereocenters. The van der Waals surface area contributed by atoms with Crippen molar-refractivity contribution in [3.63, 3.8) is 0 Å². The lowest BCUT2D eigenvalue weighted by molar-refractivity contribution is -0.0628. The van der Waals surface area contributed by atoms with Crippen LogP contribution in [-0.2, 0) is 6.54 Å². The third kappa shape index (κ3) is 6.64. The molecule has 2 heterocycles. The van der Waals surface area contributed by atoms with Gasteiger partial charge in [-0.3, -0.25) is 14.6 Å². The van der Waals surface area contributed by atoms with E-state index in [9.17, 15) is 4.79 Å². The Morgan fingerprint density at radius 2 is 1.58 bits per heavy atom. The van der Waals surface area contributed by atoms with Crippen LogP contribution in [0, 0.1) is 5.41 Å². The fraction of sp³-hybridized carbons (Fsp3) is 0.513. The summed E-state index contributed by atoms with van der Waals surface area (Å²) in [5.41, 5.74) is 13.3. The van der Waals surface area contributed by atoms with Gasteiger partial charge in [-0.25, -0.2) is 0 Å². The highest BCUT2D eigenvalue weighted by molar-refractivity contribution is 5.93. The van der Waals surface area contributed by atoms with Gasteiger partial charge >= 0.3 is 0 Å². The van der Waals surface area contributed by atoms with Crippen LogP contribution in [0.4, 0.5) is 5.69 Å². The van der Waals surface area contributed by atoms with Crippen molar-refractivity contribution in [1.82, 2.24) is 9.80 Å². The van der Waals surface area contributed by atoms with Gasteiger partial charge in [-0.15, -0.1) is 0 Å². The van der Waals surface area contributed by atoms with E-state index in [-0.39, 0.29) is 5.91 Å². The number of hydrogen-bond acceptors (Lipinski definition) is 5. The van der Waals surface area contributed by atoms with E-state index >= 15 is 0 Å². The molecule has 6 nitrogen and oxygen atoms in total. The summed E-state index contributed by atoms with van der Waals surface area (Å²) < 4.78 is 5.79. The maximum atomic E-state index is 11.5. The number of ether oxygens (including phenoxy) is 1. The molecule has 2 aliphatic heterocycles. The highest BCUT2D eigenvalue weighted by Gasteiger charge is 2.50. The molecule has 0 radical (unpaired) electrons.